The normalized spacial score (nSPS) is 11.0. The van der Waals surface area contributed by atoms with Gasteiger partial charge in [-0.25, -0.2) is 4.98 Å². The first-order valence-electron chi connectivity index (χ1n) is 8.67. The van der Waals surface area contributed by atoms with Crippen LogP contribution in [0.2, 0.25) is 0 Å². The predicted molar refractivity (Wildman–Crippen MR) is 113 cm³/mol. The quantitative estimate of drug-likeness (QED) is 0.455. The third-order valence-electron chi connectivity index (χ3n) is 4.17. The van der Waals surface area contributed by atoms with Crippen molar-refractivity contribution < 1.29 is 4.79 Å². The van der Waals surface area contributed by atoms with Gasteiger partial charge in [0.2, 0.25) is 5.91 Å². The molecule has 0 fully saturated rings. The minimum absolute atomic E-state index is 0.00281. The third-order valence-corrected chi connectivity index (χ3v) is 6.35. The van der Waals surface area contributed by atoms with E-state index in [1.807, 2.05) is 78.9 Å². The number of rotatable bonds is 6. The molecule has 1 amide bonds. The van der Waals surface area contributed by atoms with Crippen molar-refractivity contribution >= 4 is 39.2 Å². The number of nitrogens with one attached hydrogen (secondary N) is 1. The van der Waals surface area contributed by atoms with E-state index >= 15 is 0 Å². The van der Waals surface area contributed by atoms with Crippen LogP contribution in [0.15, 0.2) is 89.3 Å². The fraction of sp³-hybridized carbons (Fsp3) is 0.0909. The van der Waals surface area contributed by atoms with Crippen LogP contribution in [0.4, 0.5) is 0 Å². The molecule has 1 heterocycles. The van der Waals surface area contributed by atoms with E-state index in [4.69, 9.17) is 0 Å². The lowest BCUT2D eigenvalue weighted by molar-refractivity contribution is -0.119. The lowest BCUT2D eigenvalue weighted by Crippen LogP contribution is -2.30. The number of thioether (sulfide) groups is 1. The molecule has 3 aromatic carbocycles. The Morgan fingerprint density at radius 3 is 2.11 bits per heavy atom. The molecular formula is C22H18N2OS2. The summed E-state index contributed by atoms with van der Waals surface area (Å²) in [7, 11) is 0. The number of fused-ring (bicyclic) bond motifs is 1. The molecule has 0 atom stereocenters. The summed E-state index contributed by atoms with van der Waals surface area (Å²) in [5.74, 6) is 0.340. The Hall–Kier alpha value is -2.63. The van der Waals surface area contributed by atoms with E-state index in [1.165, 1.54) is 11.8 Å². The Bertz CT molecular complexity index is 959. The van der Waals surface area contributed by atoms with Crippen molar-refractivity contribution in [3.05, 3.63) is 96.1 Å². The molecule has 134 valence electrons. The first kappa shape index (κ1) is 17.8. The van der Waals surface area contributed by atoms with Gasteiger partial charge in [0, 0.05) is 0 Å². The molecule has 1 aromatic heterocycles. The predicted octanol–water partition coefficient (Wildman–Crippen LogP) is 5.29. The van der Waals surface area contributed by atoms with Crippen LogP contribution in [-0.4, -0.2) is 16.6 Å². The maximum Gasteiger partial charge on any atom is 0.231 e. The minimum atomic E-state index is -0.157. The molecule has 5 heteroatoms. The number of hydrogen-bond acceptors (Lipinski definition) is 4. The zero-order valence-electron chi connectivity index (χ0n) is 14.5. The van der Waals surface area contributed by atoms with Crippen molar-refractivity contribution in [2.24, 2.45) is 0 Å². The standard InChI is InChI=1S/C22H18N2OS2/c25-20(15-26-22-23-18-13-7-8-14-19(18)27-22)24-21(16-9-3-1-4-10-16)17-11-5-2-6-12-17/h1-14,21H,15H2,(H,24,25). The number of para-hydroxylation sites is 1. The maximum atomic E-state index is 12.6. The molecule has 0 saturated carbocycles. The molecule has 0 spiro atoms. The van der Waals surface area contributed by atoms with Crippen molar-refractivity contribution in [3.8, 4) is 0 Å². The maximum absolute atomic E-state index is 12.6. The van der Waals surface area contributed by atoms with E-state index in [2.05, 4.69) is 16.4 Å². The zero-order chi connectivity index (χ0) is 18.5. The van der Waals surface area contributed by atoms with E-state index in [-0.39, 0.29) is 11.9 Å². The van der Waals surface area contributed by atoms with Crippen molar-refractivity contribution in [2.45, 2.75) is 10.4 Å². The molecule has 4 aromatic rings. The Morgan fingerprint density at radius 1 is 0.889 bits per heavy atom. The van der Waals surface area contributed by atoms with Gasteiger partial charge in [-0.2, -0.15) is 0 Å². The topological polar surface area (TPSA) is 42.0 Å². The van der Waals surface area contributed by atoms with Crippen LogP contribution in [0.5, 0.6) is 0 Å². The SMILES string of the molecule is O=C(CSc1nc2ccccc2s1)NC(c1ccccc1)c1ccccc1. The molecule has 3 nitrogen and oxygen atoms in total. The van der Waals surface area contributed by atoms with Gasteiger partial charge in [-0.15, -0.1) is 11.3 Å². The molecule has 1 N–H and O–H groups in total. The highest BCUT2D eigenvalue weighted by atomic mass is 32.2. The second-order valence-electron chi connectivity index (χ2n) is 6.06. The van der Waals surface area contributed by atoms with E-state index in [0.717, 1.165) is 25.7 Å². The average Bonchev–Trinajstić information content (AvgIpc) is 3.15. The molecule has 4 rings (SSSR count). The smallest absolute Gasteiger partial charge is 0.231 e. The summed E-state index contributed by atoms with van der Waals surface area (Å²) in [4.78, 5) is 17.2. The van der Waals surface area contributed by atoms with Crippen LogP contribution in [0, 0.1) is 0 Å². The highest BCUT2D eigenvalue weighted by Gasteiger charge is 2.17. The van der Waals surface area contributed by atoms with Crippen LogP contribution in [0.1, 0.15) is 17.2 Å². The average molecular weight is 391 g/mol. The van der Waals surface area contributed by atoms with Crippen LogP contribution in [0.3, 0.4) is 0 Å². The summed E-state index contributed by atoms with van der Waals surface area (Å²) in [6, 6.07) is 28.0. The Balaban J connectivity index is 1.47. The van der Waals surface area contributed by atoms with E-state index in [9.17, 15) is 4.79 Å². The fourth-order valence-corrected chi connectivity index (χ4v) is 4.77. The summed E-state index contributed by atoms with van der Waals surface area (Å²) in [5, 5.41) is 3.17. The van der Waals surface area contributed by atoms with Crippen LogP contribution < -0.4 is 5.32 Å². The number of amides is 1. The van der Waals surface area contributed by atoms with Gasteiger partial charge in [0.25, 0.3) is 0 Å². The largest absolute Gasteiger partial charge is 0.344 e. The van der Waals surface area contributed by atoms with Crippen molar-refractivity contribution in [2.75, 3.05) is 5.75 Å². The van der Waals surface area contributed by atoms with Gasteiger partial charge in [0.1, 0.15) is 0 Å². The number of carbonyl (C=O) groups excluding carboxylic acids is 1. The Labute approximate surface area is 166 Å². The van der Waals surface area contributed by atoms with Gasteiger partial charge in [-0.1, -0.05) is 84.6 Å². The van der Waals surface area contributed by atoms with Crippen LogP contribution >= 0.6 is 23.1 Å². The molecular weight excluding hydrogens is 372 g/mol. The first-order valence-corrected chi connectivity index (χ1v) is 10.5. The number of thiazole rings is 1. The first-order chi connectivity index (χ1) is 13.3. The fourth-order valence-electron chi connectivity index (χ4n) is 2.89. The van der Waals surface area contributed by atoms with Gasteiger partial charge in [-0.3, -0.25) is 4.79 Å². The number of nitrogens with zero attached hydrogens (tertiary/aromatic N) is 1. The van der Waals surface area contributed by atoms with Gasteiger partial charge < -0.3 is 5.32 Å². The van der Waals surface area contributed by atoms with Crippen LogP contribution in [0.25, 0.3) is 10.2 Å². The number of carbonyl (C=O) groups is 1. The van der Waals surface area contributed by atoms with E-state index in [1.54, 1.807) is 11.3 Å². The zero-order valence-corrected chi connectivity index (χ0v) is 16.2. The molecule has 0 aliphatic rings. The van der Waals surface area contributed by atoms with Gasteiger partial charge >= 0.3 is 0 Å². The molecule has 0 aliphatic heterocycles. The van der Waals surface area contributed by atoms with Crippen LogP contribution in [-0.2, 0) is 4.79 Å². The highest BCUT2D eigenvalue weighted by molar-refractivity contribution is 8.01. The minimum Gasteiger partial charge on any atom is -0.344 e. The van der Waals surface area contributed by atoms with Crippen molar-refractivity contribution in [3.63, 3.8) is 0 Å². The number of benzene rings is 3. The van der Waals surface area contributed by atoms with Crippen molar-refractivity contribution in [1.29, 1.82) is 0 Å². The lowest BCUT2D eigenvalue weighted by atomic mass is 9.99. The molecule has 0 aliphatic carbocycles. The second-order valence-corrected chi connectivity index (χ2v) is 8.31. The Kier molecular flexibility index (Phi) is 5.51. The van der Waals surface area contributed by atoms with E-state index < -0.39 is 0 Å². The van der Waals surface area contributed by atoms with E-state index in [0.29, 0.717) is 5.75 Å². The Morgan fingerprint density at radius 2 is 1.48 bits per heavy atom. The van der Waals surface area contributed by atoms with Gasteiger partial charge in [0.05, 0.1) is 22.0 Å². The molecule has 0 unspecified atom stereocenters. The molecule has 27 heavy (non-hydrogen) atoms. The molecule has 0 bridgehead atoms. The number of hydrogen-bond donors (Lipinski definition) is 1. The van der Waals surface area contributed by atoms with Crippen molar-refractivity contribution in [1.82, 2.24) is 10.3 Å². The lowest BCUT2D eigenvalue weighted by Gasteiger charge is -2.19. The third kappa shape index (κ3) is 4.38. The summed E-state index contributed by atoms with van der Waals surface area (Å²) in [6.45, 7) is 0. The summed E-state index contributed by atoms with van der Waals surface area (Å²) in [6.07, 6.45) is 0. The molecule has 0 saturated heterocycles. The number of aromatic nitrogens is 1. The van der Waals surface area contributed by atoms with Gasteiger partial charge in [-0.05, 0) is 23.3 Å². The monoisotopic (exact) mass is 390 g/mol. The summed E-state index contributed by atoms with van der Waals surface area (Å²) < 4.78 is 2.06. The summed E-state index contributed by atoms with van der Waals surface area (Å²) in [5.41, 5.74) is 3.13. The highest BCUT2D eigenvalue weighted by Crippen LogP contribution is 2.29. The molecule has 0 radical (unpaired) electrons. The second kappa shape index (κ2) is 8.37. The summed E-state index contributed by atoms with van der Waals surface area (Å²) >= 11 is 3.10. The van der Waals surface area contributed by atoms with Gasteiger partial charge in [0.15, 0.2) is 4.34 Å².